The summed E-state index contributed by atoms with van der Waals surface area (Å²) in [5.41, 5.74) is 1.34. The van der Waals surface area contributed by atoms with E-state index in [0.717, 1.165) is 5.56 Å². The lowest BCUT2D eigenvalue weighted by Gasteiger charge is -2.14. The molecule has 0 fully saturated rings. The molecular formula is C14H13ClN2O2S2. The summed E-state index contributed by atoms with van der Waals surface area (Å²) in [7, 11) is -3.65. The Morgan fingerprint density at radius 2 is 2.19 bits per heavy atom. The van der Waals surface area contributed by atoms with Gasteiger partial charge in [0.25, 0.3) is 0 Å². The van der Waals surface area contributed by atoms with Crippen molar-refractivity contribution < 1.29 is 8.42 Å². The number of nitriles is 1. The van der Waals surface area contributed by atoms with E-state index >= 15 is 0 Å². The number of sulfonamides is 1. The van der Waals surface area contributed by atoms with Gasteiger partial charge < -0.3 is 0 Å². The van der Waals surface area contributed by atoms with Crippen LogP contribution in [0.3, 0.4) is 0 Å². The Balaban J connectivity index is 2.15. The molecule has 1 heterocycles. The molecule has 0 amide bonds. The van der Waals surface area contributed by atoms with Gasteiger partial charge >= 0.3 is 0 Å². The Morgan fingerprint density at radius 1 is 1.43 bits per heavy atom. The van der Waals surface area contributed by atoms with E-state index in [1.54, 1.807) is 18.3 Å². The summed E-state index contributed by atoms with van der Waals surface area (Å²) in [5, 5.41) is 12.9. The van der Waals surface area contributed by atoms with Gasteiger partial charge in [-0.25, -0.2) is 13.1 Å². The Bertz CT molecular complexity index is 765. The molecule has 21 heavy (non-hydrogen) atoms. The van der Waals surface area contributed by atoms with Crippen LogP contribution in [0.15, 0.2) is 39.9 Å². The number of thiophene rings is 1. The van der Waals surface area contributed by atoms with Crippen molar-refractivity contribution in [1.82, 2.24) is 4.72 Å². The lowest BCUT2D eigenvalue weighted by Crippen LogP contribution is -2.34. The number of benzene rings is 1. The fourth-order valence-corrected chi connectivity index (χ4v) is 4.13. The van der Waals surface area contributed by atoms with E-state index < -0.39 is 10.0 Å². The predicted octanol–water partition coefficient (Wildman–Crippen LogP) is 3.18. The molecule has 0 bridgehead atoms. The number of nitrogens with zero attached hydrogens (tertiary/aromatic N) is 1. The topological polar surface area (TPSA) is 70.0 Å². The van der Waals surface area contributed by atoms with Gasteiger partial charge in [0.05, 0.1) is 15.5 Å². The van der Waals surface area contributed by atoms with Crippen LogP contribution in [0.4, 0.5) is 0 Å². The normalized spacial score (nSPS) is 12.8. The van der Waals surface area contributed by atoms with Crippen molar-refractivity contribution in [2.24, 2.45) is 0 Å². The molecule has 0 saturated heterocycles. The average molecular weight is 341 g/mol. The molecule has 1 aromatic carbocycles. The summed E-state index contributed by atoms with van der Waals surface area (Å²) in [6, 6.07) is 7.70. The highest BCUT2D eigenvalue weighted by molar-refractivity contribution is 7.89. The van der Waals surface area contributed by atoms with Crippen LogP contribution in [0.1, 0.15) is 18.1 Å². The van der Waals surface area contributed by atoms with Crippen LogP contribution in [-0.2, 0) is 16.4 Å². The maximum absolute atomic E-state index is 12.3. The molecule has 1 N–H and O–H groups in total. The van der Waals surface area contributed by atoms with Crippen LogP contribution in [0.25, 0.3) is 0 Å². The third-order valence-corrected chi connectivity index (χ3v) is 5.48. The van der Waals surface area contributed by atoms with E-state index in [0.29, 0.717) is 6.42 Å². The molecule has 0 spiro atoms. The third-order valence-electron chi connectivity index (χ3n) is 2.85. The van der Waals surface area contributed by atoms with Crippen LogP contribution in [0.2, 0.25) is 5.02 Å². The maximum Gasteiger partial charge on any atom is 0.240 e. The highest BCUT2D eigenvalue weighted by Crippen LogP contribution is 2.20. The second-order valence-electron chi connectivity index (χ2n) is 4.61. The molecule has 1 aromatic heterocycles. The van der Waals surface area contributed by atoms with E-state index in [1.807, 2.05) is 22.9 Å². The van der Waals surface area contributed by atoms with E-state index in [1.165, 1.54) is 18.2 Å². The number of hydrogen-bond acceptors (Lipinski definition) is 4. The zero-order valence-electron chi connectivity index (χ0n) is 11.2. The molecule has 7 heteroatoms. The first kappa shape index (κ1) is 16.0. The minimum Gasteiger partial charge on any atom is -0.208 e. The number of nitrogens with one attached hydrogen (secondary N) is 1. The molecule has 2 rings (SSSR count). The van der Waals surface area contributed by atoms with Gasteiger partial charge in [-0.15, -0.1) is 0 Å². The molecule has 0 aliphatic heterocycles. The second-order valence-corrected chi connectivity index (χ2v) is 7.51. The minimum atomic E-state index is -3.65. The van der Waals surface area contributed by atoms with Crippen molar-refractivity contribution in [3.8, 4) is 6.07 Å². The SMILES string of the molecule is CC(Cc1ccsc1)NS(=O)(=O)c1ccc(C#N)c(Cl)c1. The number of rotatable bonds is 5. The molecule has 2 aromatic rings. The van der Waals surface area contributed by atoms with Crippen LogP contribution >= 0.6 is 22.9 Å². The van der Waals surface area contributed by atoms with Crippen LogP contribution in [0.5, 0.6) is 0 Å². The van der Waals surface area contributed by atoms with Crippen LogP contribution in [0, 0.1) is 11.3 Å². The quantitative estimate of drug-likeness (QED) is 0.908. The fraction of sp³-hybridized carbons (Fsp3) is 0.214. The van der Waals surface area contributed by atoms with Gasteiger partial charge in [0.1, 0.15) is 6.07 Å². The summed E-state index contributed by atoms with van der Waals surface area (Å²) < 4.78 is 27.2. The highest BCUT2D eigenvalue weighted by Gasteiger charge is 2.18. The summed E-state index contributed by atoms with van der Waals surface area (Å²) in [6.45, 7) is 1.81. The molecule has 1 unspecified atom stereocenters. The van der Waals surface area contributed by atoms with Gasteiger partial charge in [0, 0.05) is 6.04 Å². The Morgan fingerprint density at radius 3 is 2.76 bits per heavy atom. The lowest BCUT2D eigenvalue weighted by atomic mass is 10.1. The second kappa shape index (κ2) is 6.58. The summed E-state index contributed by atoms with van der Waals surface area (Å²) in [5.74, 6) is 0. The standard InChI is InChI=1S/C14H13ClN2O2S2/c1-10(6-11-4-5-20-9-11)17-21(18,19)13-3-2-12(8-16)14(15)7-13/h2-5,7,9-10,17H,6H2,1H3. The van der Waals surface area contributed by atoms with Gasteiger partial charge in [0.2, 0.25) is 10.0 Å². The zero-order chi connectivity index (χ0) is 15.5. The average Bonchev–Trinajstić information content (AvgIpc) is 2.90. The van der Waals surface area contributed by atoms with Crippen molar-refractivity contribution >= 4 is 33.0 Å². The predicted molar refractivity (Wildman–Crippen MR) is 84.0 cm³/mol. The number of halogens is 1. The minimum absolute atomic E-state index is 0.0590. The first-order valence-electron chi connectivity index (χ1n) is 6.15. The van der Waals surface area contributed by atoms with Crippen LogP contribution < -0.4 is 4.72 Å². The summed E-state index contributed by atoms with van der Waals surface area (Å²) in [6.07, 6.45) is 0.618. The first-order valence-corrected chi connectivity index (χ1v) is 8.96. The molecule has 110 valence electrons. The Labute approximate surface area is 133 Å². The molecule has 4 nitrogen and oxygen atoms in total. The maximum atomic E-state index is 12.3. The Hall–Kier alpha value is -1.39. The van der Waals surface area contributed by atoms with Gasteiger partial charge in [-0.05, 0) is 53.9 Å². The Kier molecular flexibility index (Phi) is 5.01. The van der Waals surface area contributed by atoms with Gasteiger partial charge in [-0.2, -0.15) is 16.6 Å². The molecular weight excluding hydrogens is 328 g/mol. The highest BCUT2D eigenvalue weighted by atomic mass is 35.5. The first-order chi connectivity index (χ1) is 9.92. The third kappa shape index (κ3) is 4.05. The van der Waals surface area contributed by atoms with Crippen LogP contribution in [-0.4, -0.2) is 14.5 Å². The van der Waals surface area contributed by atoms with Gasteiger partial charge in [0.15, 0.2) is 0 Å². The van der Waals surface area contributed by atoms with Crippen molar-refractivity contribution in [2.45, 2.75) is 24.3 Å². The van der Waals surface area contributed by atoms with Gasteiger partial charge in [-0.1, -0.05) is 11.6 Å². The summed E-state index contributed by atoms with van der Waals surface area (Å²) >= 11 is 7.45. The van der Waals surface area contributed by atoms with Crippen molar-refractivity contribution in [3.63, 3.8) is 0 Å². The van der Waals surface area contributed by atoms with Crippen molar-refractivity contribution in [2.75, 3.05) is 0 Å². The monoisotopic (exact) mass is 340 g/mol. The van der Waals surface area contributed by atoms with E-state index in [9.17, 15) is 8.42 Å². The molecule has 0 aliphatic carbocycles. The molecule has 1 atom stereocenters. The van der Waals surface area contributed by atoms with Gasteiger partial charge in [-0.3, -0.25) is 0 Å². The lowest BCUT2D eigenvalue weighted by molar-refractivity contribution is 0.560. The van der Waals surface area contributed by atoms with Crippen molar-refractivity contribution in [3.05, 3.63) is 51.2 Å². The molecule has 0 radical (unpaired) electrons. The zero-order valence-corrected chi connectivity index (χ0v) is 13.6. The van der Waals surface area contributed by atoms with Crippen molar-refractivity contribution in [1.29, 1.82) is 5.26 Å². The fourth-order valence-electron chi connectivity index (χ4n) is 1.89. The smallest absolute Gasteiger partial charge is 0.208 e. The van der Waals surface area contributed by atoms with E-state index in [4.69, 9.17) is 16.9 Å². The number of hydrogen-bond donors (Lipinski definition) is 1. The molecule has 0 aliphatic rings. The largest absolute Gasteiger partial charge is 0.240 e. The molecule has 0 saturated carbocycles. The van der Waals surface area contributed by atoms with E-state index in [-0.39, 0.29) is 21.5 Å². The summed E-state index contributed by atoms with van der Waals surface area (Å²) in [4.78, 5) is 0.0590. The van der Waals surface area contributed by atoms with E-state index in [2.05, 4.69) is 4.72 Å².